The van der Waals surface area contributed by atoms with Crippen molar-refractivity contribution in [3.8, 4) is 0 Å². The fourth-order valence-electron chi connectivity index (χ4n) is 2.26. The minimum Gasteiger partial charge on any atom is -0.395 e. The highest BCUT2D eigenvalue weighted by Crippen LogP contribution is 2.35. The van der Waals surface area contributed by atoms with Gasteiger partial charge >= 0.3 is 0 Å². The van der Waals surface area contributed by atoms with Crippen molar-refractivity contribution < 1.29 is 19.2 Å². The highest BCUT2D eigenvalue weighted by atomic mass is 32.2. The van der Waals surface area contributed by atoms with E-state index in [-0.39, 0.29) is 12.5 Å². The van der Waals surface area contributed by atoms with E-state index in [1.807, 2.05) is 27.7 Å². The second kappa shape index (κ2) is 7.23. The van der Waals surface area contributed by atoms with Crippen LogP contribution in [-0.2, 0) is 14.9 Å². The number of aliphatic hydroxyl groups is 1. The van der Waals surface area contributed by atoms with Crippen molar-refractivity contribution in [1.82, 2.24) is 5.16 Å². The monoisotopic (exact) mass is 342 g/mol. The second-order valence-electron chi connectivity index (χ2n) is 7.01. The number of hydrogen-bond acceptors (Lipinski definition) is 6. The van der Waals surface area contributed by atoms with Crippen molar-refractivity contribution in [2.24, 2.45) is 0 Å². The Morgan fingerprint density at radius 1 is 1.39 bits per heavy atom. The smallest absolute Gasteiger partial charge is 0.242 e. The molecule has 0 atom stereocenters. The third kappa shape index (κ3) is 4.71. The van der Waals surface area contributed by atoms with Crippen molar-refractivity contribution >= 4 is 23.6 Å². The van der Waals surface area contributed by atoms with Crippen LogP contribution in [0.4, 0.5) is 5.88 Å². The number of anilines is 1. The number of carbonyl (C=O) groups excluding carboxylic acids is 1. The zero-order valence-corrected chi connectivity index (χ0v) is 15.0. The SMILES string of the molecule is CC(C)(SC1CCOCC1)C(=O)Nc1cc(C(C)(C)CO)no1. The molecule has 1 aliphatic heterocycles. The van der Waals surface area contributed by atoms with Crippen molar-refractivity contribution in [1.29, 1.82) is 0 Å². The summed E-state index contributed by atoms with van der Waals surface area (Å²) in [6, 6.07) is 1.67. The zero-order valence-electron chi connectivity index (χ0n) is 14.2. The van der Waals surface area contributed by atoms with Gasteiger partial charge in [0.05, 0.1) is 17.0 Å². The minimum absolute atomic E-state index is 0.0436. The highest BCUT2D eigenvalue weighted by Gasteiger charge is 2.33. The molecule has 0 saturated carbocycles. The fraction of sp³-hybridized carbons (Fsp3) is 0.750. The number of amides is 1. The maximum atomic E-state index is 12.5. The van der Waals surface area contributed by atoms with E-state index in [1.54, 1.807) is 17.8 Å². The number of thioether (sulfide) groups is 1. The molecule has 2 N–H and O–H groups in total. The number of nitrogens with one attached hydrogen (secondary N) is 1. The maximum absolute atomic E-state index is 12.5. The Morgan fingerprint density at radius 3 is 2.65 bits per heavy atom. The number of nitrogens with zero attached hydrogens (tertiary/aromatic N) is 1. The molecule has 0 spiro atoms. The summed E-state index contributed by atoms with van der Waals surface area (Å²) in [7, 11) is 0. The lowest BCUT2D eigenvalue weighted by molar-refractivity contribution is -0.117. The van der Waals surface area contributed by atoms with Crippen LogP contribution >= 0.6 is 11.8 Å². The van der Waals surface area contributed by atoms with Gasteiger partial charge in [-0.05, 0) is 26.7 Å². The first-order valence-corrected chi connectivity index (χ1v) is 8.77. The second-order valence-corrected chi connectivity index (χ2v) is 8.94. The molecule has 0 aromatic carbocycles. The molecule has 1 saturated heterocycles. The lowest BCUT2D eigenvalue weighted by atomic mass is 9.91. The summed E-state index contributed by atoms with van der Waals surface area (Å²) < 4.78 is 9.98. The molecule has 0 unspecified atom stereocenters. The molecular formula is C16H26N2O4S. The zero-order chi connectivity index (χ0) is 17.1. The van der Waals surface area contributed by atoms with E-state index in [9.17, 15) is 9.90 Å². The van der Waals surface area contributed by atoms with E-state index in [0.717, 1.165) is 26.1 Å². The first kappa shape index (κ1) is 18.3. The predicted molar refractivity (Wildman–Crippen MR) is 90.8 cm³/mol. The average molecular weight is 342 g/mol. The number of carbonyl (C=O) groups is 1. The molecule has 6 nitrogen and oxygen atoms in total. The third-order valence-corrected chi connectivity index (χ3v) is 5.59. The van der Waals surface area contributed by atoms with E-state index in [1.165, 1.54) is 0 Å². The topological polar surface area (TPSA) is 84.6 Å². The fourth-order valence-corrected chi connectivity index (χ4v) is 3.68. The number of rotatable bonds is 6. The van der Waals surface area contributed by atoms with Crippen LogP contribution < -0.4 is 5.32 Å². The van der Waals surface area contributed by atoms with Gasteiger partial charge in [-0.25, -0.2) is 0 Å². The van der Waals surface area contributed by atoms with Gasteiger partial charge in [0, 0.05) is 29.9 Å². The molecule has 0 bridgehead atoms. The lowest BCUT2D eigenvalue weighted by Crippen LogP contribution is -2.37. The Bertz CT molecular complexity index is 536. The van der Waals surface area contributed by atoms with Gasteiger partial charge in [-0.3, -0.25) is 10.1 Å². The number of ether oxygens (including phenoxy) is 1. The number of hydrogen-bond donors (Lipinski definition) is 2. The Kier molecular flexibility index (Phi) is 5.75. The highest BCUT2D eigenvalue weighted by molar-refractivity contribution is 8.02. The van der Waals surface area contributed by atoms with Crippen molar-refractivity contribution in [3.63, 3.8) is 0 Å². The summed E-state index contributed by atoms with van der Waals surface area (Å²) in [5.74, 6) is 0.200. The lowest BCUT2D eigenvalue weighted by Gasteiger charge is -2.30. The third-order valence-electron chi connectivity index (χ3n) is 4.01. The molecule has 1 amide bonds. The molecule has 0 radical (unpaired) electrons. The van der Waals surface area contributed by atoms with Gasteiger partial charge in [0.2, 0.25) is 11.8 Å². The summed E-state index contributed by atoms with van der Waals surface area (Å²) in [4.78, 5) is 12.5. The first-order valence-electron chi connectivity index (χ1n) is 7.90. The predicted octanol–water partition coefficient (Wildman–Crippen LogP) is 2.57. The van der Waals surface area contributed by atoms with Gasteiger partial charge in [0.15, 0.2) is 0 Å². The molecule has 1 fully saturated rings. The van der Waals surface area contributed by atoms with Crippen LogP contribution in [0.15, 0.2) is 10.6 Å². The summed E-state index contributed by atoms with van der Waals surface area (Å²) >= 11 is 1.67. The minimum atomic E-state index is -0.568. The molecule has 130 valence electrons. The summed E-state index contributed by atoms with van der Waals surface area (Å²) in [6.45, 7) is 9.03. The standard InChI is InChI=1S/C16H26N2O4S/c1-15(2,10-19)12-9-13(22-18-12)17-14(20)16(3,4)23-11-5-7-21-8-6-11/h9,11,19H,5-8,10H2,1-4H3,(H,17,20). The Labute approximate surface area is 141 Å². The first-order chi connectivity index (χ1) is 10.7. The number of aliphatic hydroxyl groups excluding tert-OH is 1. The molecule has 2 heterocycles. The van der Waals surface area contributed by atoms with Crippen LogP contribution in [0, 0.1) is 0 Å². The van der Waals surface area contributed by atoms with E-state index in [2.05, 4.69) is 10.5 Å². The van der Waals surface area contributed by atoms with Crippen molar-refractivity contribution in [3.05, 3.63) is 11.8 Å². The van der Waals surface area contributed by atoms with Crippen LogP contribution in [0.5, 0.6) is 0 Å². The number of aromatic nitrogens is 1. The molecular weight excluding hydrogens is 316 g/mol. The Balaban J connectivity index is 1.97. The van der Waals surface area contributed by atoms with Gasteiger partial charge in [-0.2, -0.15) is 0 Å². The van der Waals surface area contributed by atoms with Crippen LogP contribution in [0.3, 0.4) is 0 Å². The van der Waals surface area contributed by atoms with Crippen molar-refractivity contribution in [2.45, 2.75) is 55.9 Å². The van der Waals surface area contributed by atoms with Crippen LogP contribution in [-0.4, -0.2) is 46.0 Å². The van der Waals surface area contributed by atoms with Crippen LogP contribution in [0.25, 0.3) is 0 Å². The van der Waals surface area contributed by atoms with Gasteiger partial charge in [0.1, 0.15) is 0 Å². The van der Waals surface area contributed by atoms with E-state index < -0.39 is 10.2 Å². The maximum Gasteiger partial charge on any atom is 0.242 e. The van der Waals surface area contributed by atoms with E-state index >= 15 is 0 Å². The molecule has 23 heavy (non-hydrogen) atoms. The Morgan fingerprint density at radius 2 is 2.04 bits per heavy atom. The molecule has 1 aliphatic rings. The largest absolute Gasteiger partial charge is 0.395 e. The molecule has 0 aliphatic carbocycles. The average Bonchev–Trinajstić information content (AvgIpc) is 2.97. The van der Waals surface area contributed by atoms with E-state index in [0.29, 0.717) is 16.8 Å². The summed E-state index contributed by atoms with van der Waals surface area (Å²) in [6.07, 6.45) is 1.94. The molecule has 7 heteroatoms. The quantitative estimate of drug-likeness (QED) is 0.826. The van der Waals surface area contributed by atoms with Gasteiger partial charge in [0.25, 0.3) is 0 Å². The van der Waals surface area contributed by atoms with Crippen LogP contribution in [0.2, 0.25) is 0 Å². The van der Waals surface area contributed by atoms with Gasteiger partial charge < -0.3 is 14.4 Å². The van der Waals surface area contributed by atoms with Crippen LogP contribution in [0.1, 0.15) is 46.2 Å². The molecule has 2 rings (SSSR count). The molecule has 1 aromatic rings. The van der Waals surface area contributed by atoms with Gasteiger partial charge in [-0.1, -0.05) is 19.0 Å². The normalized spacial score (nSPS) is 17.3. The van der Waals surface area contributed by atoms with E-state index in [4.69, 9.17) is 9.26 Å². The summed E-state index contributed by atoms with van der Waals surface area (Å²) in [5.41, 5.74) is 0.115. The van der Waals surface area contributed by atoms with Gasteiger partial charge in [-0.15, -0.1) is 11.8 Å². The van der Waals surface area contributed by atoms with Crippen molar-refractivity contribution in [2.75, 3.05) is 25.1 Å². The summed E-state index contributed by atoms with van der Waals surface area (Å²) in [5, 5.41) is 16.5. The Hall–Kier alpha value is -1.05. The molecule has 1 aromatic heterocycles.